The Kier molecular flexibility index (Phi) is 3.87. The van der Waals surface area contributed by atoms with Crippen molar-refractivity contribution in [3.63, 3.8) is 0 Å². The van der Waals surface area contributed by atoms with E-state index in [1.807, 2.05) is 18.2 Å². The lowest BCUT2D eigenvalue weighted by Gasteiger charge is -2.07. The molecule has 0 aliphatic rings. The Morgan fingerprint density at radius 3 is 3.00 bits per heavy atom. The van der Waals surface area contributed by atoms with E-state index in [4.69, 9.17) is 10.8 Å². The summed E-state index contributed by atoms with van der Waals surface area (Å²) in [6.07, 6.45) is 2.05. The zero-order chi connectivity index (χ0) is 10.4. The lowest BCUT2D eigenvalue weighted by atomic mass is 10.2. The van der Waals surface area contributed by atoms with Gasteiger partial charge in [0.2, 0.25) is 0 Å². The molecule has 1 aromatic rings. The smallest absolute Gasteiger partial charge is 0.320 e. The molecule has 76 valence electrons. The highest BCUT2D eigenvalue weighted by molar-refractivity contribution is 5.73. The second-order valence-electron chi connectivity index (χ2n) is 2.88. The van der Waals surface area contributed by atoms with Gasteiger partial charge >= 0.3 is 5.97 Å². The van der Waals surface area contributed by atoms with Gasteiger partial charge in [-0.05, 0) is 18.6 Å². The van der Waals surface area contributed by atoms with Gasteiger partial charge < -0.3 is 16.2 Å². The molecule has 0 saturated carbocycles. The highest BCUT2D eigenvalue weighted by Crippen LogP contribution is 1.99. The Morgan fingerprint density at radius 2 is 2.43 bits per heavy atom. The molecular weight excluding hydrogens is 182 g/mol. The summed E-state index contributed by atoms with van der Waals surface area (Å²) < 4.78 is 0. The first-order valence-corrected chi connectivity index (χ1v) is 4.33. The minimum atomic E-state index is -0.979. The molecule has 0 spiro atoms. The van der Waals surface area contributed by atoms with Gasteiger partial charge in [0.1, 0.15) is 11.9 Å². The van der Waals surface area contributed by atoms with E-state index in [0.717, 1.165) is 5.82 Å². The van der Waals surface area contributed by atoms with Crippen LogP contribution in [0.1, 0.15) is 6.42 Å². The Balaban J connectivity index is 2.26. The van der Waals surface area contributed by atoms with Crippen LogP contribution in [-0.2, 0) is 4.79 Å². The van der Waals surface area contributed by atoms with E-state index in [-0.39, 0.29) is 0 Å². The highest BCUT2D eigenvalue weighted by Gasteiger charge is 2.09. The maximum atomic E-state index is 10.4. The van der Waals surface area contributed by atoms with E-state index in [0.29, 0.717) is 13.0 Å². The number of rotatable bonds is 5. The second kappa shape index (κ2) is 5.18. The molecular formula is C9H13N3O2. The van der Waals surface area contributed by atoms with E-state index in [1.54, 1.807) is 6.20 Å². The van der Waals surface area contributed by atoms with Crippen molar-refractivity contribution in [1.82, 2.24) is 4.98 Å². The van der Waals surface area contributed by atoms with Gasteiger partial charge in [-0.15, -0.1) is 0 Å². The van der Waals surface area contributed by atoms with Gasteiger partial charge in [0, 0.05) is 12.7 Å². The molecule has 0 aromatic carbocycles. The second-order valence-corrected chi connectivity index (χ2v) is 2.88. The van der Waals surface area contributed by atoms with Crippen LogP contribution in [0.15, 0.2) is 24.4 Å². The number of aromatic nitrogens is 1. The zero-order valence-corrected chi connectivity index (χ0v) is 7.68. The summed E-state index contributed by atoms with van der Waals surface area (Å²) in [5, 5.41) is 11.5. The van der Waals surface area contributed by atoms with Gasteiger partial charge in [0.15, 0.2) is 0 Å². The fraction of sp³-hybridized carbons (Fsp3) is 0.333. The first kappa shape index (κ1) is 10.5. The van der Waals surface area contributed by atoms with Gasteiger partial charge in [0.25, 0.3) is 0 Å². The number of anilines is 1. The number of nitrogens with one attached hydrogen (secondary N) is 1. The minimum absolute atomic E-state index is 0.381. The van der Waals surface area contributed by atoms with E-state index in [1.165, 1.54) is 0 Å². The van der Waals surface area contributed by atoms with Crippen LogP contribution in [-0.4, -0.2) is 28.6 Å². The fourth-order valence-corrected chi connectivity index (χ4v) is 0.947. The number of nitrogens with zero attached hydrogens (tertiary/aromatic N) is 1. The van der Waals surface area contributed by atoms with E-state index in [9.17, 15) is 4.79 Å². The normalized spacial score (nSPS) is 12.1. The number of pyridine rings is 1. The number of carbonyl (C=O) groups is 1. The molecule has 1 rings (SSSR count). The number of carboxylic acid groups (broad SMARTS) is 1. The third kappa shape index (κ3) is 3.40. The molecule has 1 heterocycles. The summed E-state index contributed by atoms with van der Waals surface area (Å²) in [6, 6.07) is 4.67. The summed E-state index contributed by atoms with van der Waals surface area (Å²) in [6.45, 7) is 0.504. The minimum Gasteiger partial charge on any atom is -0.480 e. The SMILES string of the molecule is N[C@@H](CCNc1ccccn1)C(=O)O. The van der Waals surface area contributed by atoms with Crippen molar-refractivity contribution in [3.8, 4) is 0 Å². The van der Waals surface area contributed by atoms with Gasteiger partial charge in [-0.1, -0.05) is 6.07 Å². The van der Waals surface area contributed by atoms with Gasteiger partial charge in [-0.2, -0.15) is 0 Å². The molecule has 0 unspecified atom stereocenters. The summed E-state index contributed by atoms with van der Waals surface area (Å²) in [7, 11) is 0. The summed E-state index contributed by atoms with van der Waals surface area (Å²) in [5.41, 5.74) is 5.32. The molecule has 0 saturated heterocycles. The van der Waals surface area contributed by atoms with Crippen LogP contribution in [0.3, 0.4) is 0 Å². The molecule has 0 aliphatic heterocycles. The van der Waals surface area contributed by atoms with Crippen LogP contribution in [0.4, 0.5) is 5.82 Å². The van der Waals surface area contributed by atoms with Gasteiger partial charge in [-0.25, -0.2) is 4.98 Å². The van der Waals surface area contributed by atoms with Crippen molar-refractivity contribution >= 4 is 11.8 Å². The van der Waals surface area contributed by atoms with Gasteiger partial charge in [-0.3, -0.25) is 4.79 Å². The average Bonchev–Trinajstić information content (AvgIpc) is 2.19. The zero-order valence-electron chi connectivity index (χ0n) is 7.68. The third-order valence-corrected chi connectivity index (χ3v) is 1.74. The van der Waals surface area contributed by atoms with E-state index in [2.05, 4.69) is 10.3 Å². The van der Waals surface area contributed by atoms with Crippen molar-refractivity contribution in [2.24, 2.45) is 5.73 Å². The lowest BCUT2D eigenvalue weighted by molar-refractivity contribution is -0.138. The predicted octanol–water partition coefficient (Wildman–Crippen LogP) is 0.295. The monoisotopic (exact) mass is 195 g/mol. The first-order valence-electron chi connectivity index (χ1n) is 4.33. The molecule has 0 amide bonds. The first-order chi connectivity index (χ1) is 6.70. The maximum Gasteiger partial charge on any atom is 0.320 e. The highest BCUT2D eigenvalue weighted by atomic mass is 16.4. The van der Waals surface area contributed by atoms with Crippen LogP contribution >= 0.6 is 0 Å². The standard InChI is InChI=1S/C9H13N3O2/c10-7(9(13)14)4-6-12-8-3-1-2-5-11-8/h1-3,5,7H,4,6,10H2,(H,11,12)(H,13,14)/t7-/m0/s1. The van der Waals surface area contributed by atoms with Crippen molar-refractivity contribution in [2.45, 2.75) is 12.5 Å². The molecule has 0 fully saturated rings. The molecule has 0 bridgehead atoms. The Labute approximate surface area is 82.0 Å². The van der Waals surface area contributed by atoms with Gasteiger partial charge in [0.05, 0.1) is 0 Å². The van der Waals surface area contributed by atoms with Crippen LogP contribution in [0.2, 0.25) is 0 Å². The Bertz CT molecular complexity index is 289. The molecule has 1 atom stereocenters. The fourth-order valence-electron chi connectivity index (χ4n) is 0.947. The van der Waals surface area contributed by atoms with Crippen LogP contribution in [0, 0.1) is 0 Å². The van der Waals surface area contributed by atoms with E-state index < -0.39 is 12.0 Å². The maximum absolute atomic E-state index is 10.4. The number of aliphatic carboxylic acids is 1. The van der Waals surface area contributed by atoms with Crippen LogP contribution in [0.5, 0.6) is 0 Å². The summed E-state index contributed by atoms with van der Waals surface area (Å²) in [5.74, 6) is -0.252. The molecule has 0 radical (unpaired) electrons. The number of hydrogen-bond acceptors (Lipinski definition) is 4. The summed E-state index contributed by atoms with van der Waals surface area (Å²) in [4.78, 5) is 14.4. The number of nitrogens with two attached hydrogens (primary N) is 1. The molecule has 14 heavy (non-hydrogen) atoms. The van der Waals surface area contributed by atoms with Crippen LogP contribution < -0.4 is 11.1 Å². The van der Waals surface area contributed by atoms with Crippen molar-refractivity contribution in [1.29, 1.82) is 0 Å². The summed E-state index contributed by atoms with van der Waals surface area (Å²) >= 11 is 0. The molecule has 5 nitrogen and oxygen atoms in total. The average molecular weight is 195 g/mol. The molecule has 4 N–H and O–H groups in total. The number of hydrogen-bond donors (Lipinski definition) is 3. The largest absolute Gasteiger partial charge is 0.480 e. The van der Waals surface area contributed by atoms with E-state index >= 15 is 0 Å². The van der Waals surface area contributed by atoms with Crippen molar-refractivity contribution in [2.75, 3.05) is 11.9 Å². The lowest BCUT2D eigenvalue weighted by Crippen LogP contribution is -2.32. The predicted molar refractivity (Wildman–Crippen MR) is 53.0 cm³/mol. The molecule has 5 heteroatoms. The Hall–Kier alpha value is -1.62. The van der Waals surface area contributed by atoms with Crippen molar-refractivity contribution in [3.05, 3.63) is 24.4 Å². The Morgan fingerprint density at radius 1 is 1.64 bits per heavy atom. The quantitative estimate of drug-likeness (QED) is 0.628. The molecule has 0 aliphatic carbocycles. The molecule has 1 aromatic heterocycles. The number of carboxylic acids is 1. The van der Waals surface area contributed by atoms with Crippen molar-refractivity contribution < 1.29 is 9.90 Å². The van der Waals surface area contributed by atoms with Crippen LogP contribution in [0.25, 0.3) is 0 Å². The third-order valence-electron chi connectivity index (χ3n) is 1.74. The topological polar surface area (TPSA) is 88.2 Å².